The largest absolute Gasteiger partial charge is 0.396 e. The first-order chi connectivity index (χ1) is 7.79. The summed E-state index contributed by atoms with van der Waals surface area (Å²) in [5, 5.41) is 14.4. The highest BCUT2D eigenvalue weighted by molar-refractivity contribution is 9.10. The summed E-state index contributed by atoms with van der Waals surface area (Å²) < 4.78 is 1.10. The molecule has 0 fully saturated rings. The van der Waals surface area contributed by atoms with Gasteiger partial charge in [-0.25, -0.2) is 0 Å². The molecule has 0 aliphatic rings. The van der Waals surface area contributed by atoms with Crippen LogP contribution in [0.25, 0.3) is 10.8 Å². The second kappa shape index (κ2) is 5.32. The highest BCUT2D eigenvalue weighted by atomic mass is 79.9. The lowest BCUT2D eigenvalue weighted by atomic mass is 10.1. The summed E-state index contributed by atoms with van der Waals surface area (Å²) in [5.41, 5.74) is 1.10. The normalized spacial score (nSPS) is 10.6. The monoisotopic (exact) mass is 279 g/mol. The summed E-state index contributed by atoms with van der Waals surface area (Å²) in [5.74, 6) is 0. The molecule has 0 atom stereocenters. The van der Waals surface area contributed by atoms with Gasteiger partial charge < -0.3 is 10.4 Å². The van der Waals surface area contributed by atoms with E-state index in [9.17, 15) is 0 Å². The van der Waals surface area contributed by atoms with Gasteiger partial charge in [-0.3, -0.25) is 0 Å². The van der Waals surface area contributed by atoms with Crippen LogP contribution in [0, 0.1) is 0 Å². The molecule has 0 aromatic heterocycles. The lowest BCUT2D eigenvalue weighted by Crippen LogP contribution is -2.02. The minimum absolute atomic E-state index is 0.230. The Kier molecular flexibility index (Phi) is 3.80. The van der Waals surface area contributed by atoms with Crippen LogP contribution in [-0.2, 0) is 0 Å². The molecule has 84 valence electrons. The molecule has 0 aliphatic carbocycles. The Morgan fingerprint density at radius 3 is 2.62 bits per heavy atom. The van der Waals surface area contributed by atoms with Crippen molar-refractivity contribution in [2.45, 2.75) is 6.42 Å². The van der Waals surface area contributed by atoms with Crippen molar-refractivity contribution in [3.63, 3.8) is 0 Å². The maximum absolute atomic E-state index is 8.70. The summed E-state index contributed by atoms with van der Waals surface area (Å²) in [7, 11) is 0. The quantitative estimate of drug-likeness (QED) is 0.841. The fourth-order valence-electron chi connectivity index (χ4n) is 1.64. The third-order valence-corrected chi connectivity index (χ3v) is 2.96. The average Bonchev–Trinajstić information content (AvgIpc) is 2.29. The molecule has 0 saturated heterocycles. The Bertz CT molecular complexity index is 484. The van der Waals surface area contributed by atoms with Gasteiger partial charge >= 0.3 is 0 Å². The number of benzene rings is 2. The first-order valence-corrected chi connectivity index (χ1v) is 6.13. The van der Waals surface area contributed by atoms with Gasteiger partial charge in [0.25, 0.3) is 0 Å². The molecule has 0 amide bonds. The zero-order valence-electron chi connectivity index (χ0n) is 8.91. The third-order valence-electron chi connectivity index (χ3n) is 2.47. The summed E-state index contributed by atoms with van der Waals surface area (Å²) in [4.78, 5) is 0. The molecule has 2 aromatic rings. The standard InChI is InChI=1S/C13H14BrNO/c14-12-4-2-11-9-13(15-6-1-7-16)5-3-10(11)8-12/h2-5,8-9,15-16H,1,6-7H2. The highest BCUT2D eigenvalue weighted by Crippen LogP contribution is 2.22. The zero-order valence-corrected chi connectivity index (χ0v) is 10.5. The van der Waals surface area contributed by atoms with Crippen molar-refractivity contribution in [3.8, 4) is 0 Å². The molecule has 2 aromatic carbocycles. The molecule has 2 nitrogen and oxygen atoms in total. The Morgan fingerprint density at radius 2 is 1.81 bits per heavy atom. The van der Waals surface area contributed by atoms with Crippen LogP contribution >= 0.6 is 15.9 Å². The van der Waals surface area contributed by atoms with Crippen molar-refractivity contribution in [2.24, 2.45) is 0 Å². The summed E-state index contributed by atoms with van der Waals surface area (Å²) in [6.45, 7) is 1.03. The van der Waals surface area contributed by atoms with E-state index in [1.807, 2.05) is 6.07 Å². The van der Waals surface area contributed by atoms with Gasteiger partial charge in [-0.05, 0) is 41.5 Å². The minimum Gasteiger partial charge on any atom is -0.396 e. The maximum Gasteiger partial charge on any atom is 0.0447 e. The van der Waals surface area contributed by atoms with E-state index < -0.39 is 0 Å². The predicted octanol–water partition coefficient (Wildman–Crippen LogP) is 3.40. The Hall–Kier alpha value is -1.06. The van der Waals surface area contributed by atoms with E-state index in [1.54, 1.807) is 0 Å². The topological polar surface area (TPSA) is 32.3 Å². The predicted molar refractivity (Wildman–Crippen MR) is 71.8 cm³/mol. The number of rotatable bonds is 4. The van der Waals surface area contributed by atoms with Crippen LogP contribution in [0.15, 0.2) is 40.9 Å². The van der Waals surface area contributed by atoms with E-state index in [4.69, 9.17) is 5.11 Å². The molecule has 0 saturated carbocycles. The molecule has 0 spiro atoms. The molecular formula is C13H14BrNO. The number of nitrogens with one attached hydrogen (secondary N) is 1. The number of halogens is 1. The second-order valence-electron chi connectivity index (χ2n) is 3.71. The van der Waals surface area contributed by atoms with Crippen LogP contribution in [0.4, 0.5) is 5.69 Å². The highest BCUT2D eigenvalue weighted by Gasteiger charge is 1.97. The van der Waals surface area contributed by atoms with Crippen LogP contribution in [0.1, 0.15) is 6.42 Å². The SMILES string of the molecule is OCCCNc1ccc2cc(Br)ccc2c1. The average molecular weight is 280 g/mol. The molecule has 3 heteroatoms. The van der Waals surface area contributed by atoms with Gasteiger partial charge in [-0.2, -0.15) is 0 Å². The van der Waals surface area contributed by atoms with E-state index in [-0.39, 0.29) is 6.61 Å². The number of hydrogen-bond donors (Lipinski definition) is 2. The van der Waals surface area contributed by atoms with E-state index in [1.165, 1.54) is 10.8 Å². The number of hydrogen-bond acceptors (Lipinski definition) is 2. The maximum atomic E-state index is 8.70. The number of fused-ring (bicyclic) bond motifs is 1. The van der Waals surface area contributed by atoms with Crippen LogP contribution in [-0.4, -0.2) is 18.3 Å². The first kappa shape index (κ1) is 11.4. The van der Waals surface area contributed by atoms with Crippen molar-refractivity contribution in [2.75, 3.05) is 18.5 Å². The molecule has 0 bridgehead atoms. The molecule has 0 radical (unpaired) electrons. The number of aliphatic hydroxyl groups excluding tert-OH is 1. The molecule has 2 rings (SSSR count). The van der Waals surface area contributed by atoms with Gasteiger partial charge in [0, 0.05) is 23.3 Å². The summed E-state index contributed by atoms with van der Waals surface area (Å²) >= 11 is 3.46. The summed E-state index contributed by atoms with van der Waals surface area (Å²) in [6.07, 6.45) is 0.776. The Balaban J connectivity index is 2.20. The van der Waals surface area contributed by atoms with Gasteiger partial charge in [0.2, 0.25) is 0 Å². The fourth-order valence-corrected chi connectivity index (χ4v) is 2.02. The van der Waals surface area contributed by atoms with Crippen molar-refractivity contribution < 1.29 is 5.11 Å². The molecule has 2 N–H and O–H groups in total. The molecule has 0 heterocycles. The van der Waals surface area contributed by atoms with Crippen LogP contribution in [0.2, 0.25) is 0 Å². The summed E-state index contributed by atoms with van der Waals surface area (Å²) in [6, 6.07) is 12.5. The van der Waals surface area contributed by atoms with Gasteiger partial charge in [0.1, 0.15) is 0 Å². The Labute approximate surface area is 103 Å². The minimum atomic E-state index is 0.230. The van der Waals surface area contributed by atoms with Crippen molar-refractivity contribution in [1.82, 2.24) is 0 Å². The van der Waals surface area contributed by atoms with Gasteiger partial charge in [0.15, 0.2) is 0 Å². The number of anilines is 1. The van der Waals surface area contributed by atoms with Gasteiger partial charge in [-0.1, -0.05) is 28.1 Å². The van der Waals surface area contributed by atoms with Crippen molar-refractivity contribution in [3.05, 3.63) is 40.9 Å². The molecular weight excluding hydrogens is 266 g/mol. The van der Waals surface area contributed by atoms with Crippen LogP contribution < -0.4 is 5.32 Å². The molecule has 0 aliphatic heterocycles. The van der Waals surface area contributed by atoms with E-state index in [0.29, 0.717) is 0 Å². The smallest absolute Gasteiger partial charge is 0.0447 e. The Morgan fingerprint density at radius 1 is 1.06 bits per heavy atom. The second-order valence-corrected chi connectivity index (χ2v) is 4.63. The van der Waals surface area contributed by atoms with E-state index >= 15 is 0 Å². The molecule has 0 unspecified atom stereocenters. The van der Waals surface area contributed by atoms with E-state index in [2.05, 4.69) is 51.6 Å². The first-order valence-electron chi connectivity index (χ1n) is 5.33. The van der Waals surface area contributed by atoms with Crippen molar-refractivity contribution >= 4 is 32.4 Å². The molecule has 16 heavy (non-hydrogen) atoms. The number of aliphatic hydroxyl groups is 1. The van der Waals surface area contributed by atoms with Crippen LogP contribution in [0.3, 0.4) is 0 Å². The van der Waals surface area contributed by atoms with Gasteiger partial charge in [-0.15, -0.1) is 0 Å². The van der Waals surface area contributed by atoms with Crippen molar-refractivity contribution in [1.29, 1.82) is 0 Å². The lowest BCUT2D eigenvalue weighted by Gasteiger charge is -2.06. The fraction of sp³-hybridized carbons (Fsp3) is 0.231. The van der Waals surface area contributed by atoms with E-state index in [0.717, 1.165) is 23.1 Å². The van der Waals surface area contributed by atoms with Gasteiger partial charge in [0.05, 0.1) is 0 Å². The lowest BCUT2D eigenvalue weighted by molar-refractivity contribution is 0.292. The van der Waals surface area contributed by atoms with Crippen LogP contribution in [0.5, 0.6) is 0 Å². The third kappa shape index (κ3) is 2.74. The zero-order chi connectivity index (χ0) is 11.4.